The number of rotatable bonds is 5. The van der Waals surface area contributed by atoms with Crippen molar-refractivity contribution in [1.29, 1.82) is 0 Å². The highest BCUT2D eigenvalue weighted by Crippen LogP contribution is 2.19. The van der Waals surface area contributed by atoms with E-state index < -0.39 is 0 Å². The van der Waals surface area contributed by atoms with Crippen molar-refractivity contribution in [3.8, 4) is 17.6 Å². The number of nitrogens with zero attached hydrogens (tertiary/aromatic N) is 1. The zero-order chi connectivity index (χ0) is 14.2. The average Bonchev–Trinajstić information content (AvgIpc) is 2.96. The smallest absolute Gasteiger partial charge is 0.137 e. The van der Waals surface area contributed by atoms with Gasteiger partial charge in [-0.15, -0.1) is 11.6 Å². The summed E-state index contributed by atoms with van der Waals surface area (Å²) in [4.78, 5) is 2.43. The van der Waals surface area contributed by atoms with E-state index in [2.05, 4.69) is 16.7 Å². The molecule has 2 rings (SSSR count). The van der Waals surface area contributed by atoms with Crippen molar-refractivity contribution in [3.63, 3.8) is 0 Å². The van der Waals surface area contributed by atoms with Crippen LogP contribution in [0.2, 0.25) is 0 Å². The summed E-state index contributed by atoms with van der Waals surface area (Å²) in [6.45, 7) is 3.99. The average molecular weight is 296 g/mol. The zero-order valence-corrected chi connectivity index (χ0v) is 12.3. The second-order valence-electron chi connectivity index (χ2n) is 4.83. The Kier molecular flexibility index (Phi) is 6.17. The summed E-state index contributed by atoms with van der Waals surface area (Å²) < 4.78 is 18.9. The SMILES string of the molecule is Fc1ccc(C#CCCl)c(OCCCN2CCCC2)c1. The molecule has 1 heterocycles. The van der Waals surface area contributed by atoms with Gasteiger partial charge in [0.05, 0.1) is 18.1 Å². The highest BCUT2D eigenvalue weighted by Gasteiger charge is 2.10. The molecule has 4 heteroatoms. The van der Waals surface area contributed by atoms with Crippen LogP contribution in [0.15, 0.2) is 18.2 Å². The van der Waals surface area contributed by atoms with Crippen LogP contribution >= 0.6 is 11.6 Å². The number of benzene rings is 1. The minimum atomic E-state index is -0.309. The number of likely N-dealkylation sites (tertiary alicyclic amines) is 1. The molecule has 0 amide bonds. The normalized spacial score (nSPS) is 14.9. The summed E-state index contributed by atoms with van der Waals surface area (Å²) in [5, 5.41) is 0. The van der Waals surface area contributed by atoms with Crippen molar-refractivity contribution in [2.75, 3.05) is 32.1 Å². The largest absolute Gasteiger partial charge is 0.492 e. The van der Waals surface area contributed by atoms with Gasteiger partial charge in [-0.1, -0.05) is 11.8 Å². The summed E-state index contributed by atoms with van der Waals surface area (Å²) in [7, 11) is 0. The Morgan fingerprint density at radius 2 is 2.10 bits per heavy atom. The van der Waals surface area contributed by atoms with Gasteiger partial charge in [-0.3, -0.25) is 0 Å². The van der Waals surface area contributed by atoms with Gasteiger partial charge in [0, 0.05) is 12.6 Å². The molecule has 0 saturated carbocycles. The maximum atomic E-state index is 13.3. The molecule has 108 valence electrons. The molecule has 0 radical (unpaired) electrons. The lowest BCUT2D eigenvalue weighted by molar-refractivity contribution is 0.262. The first-order valence-electron chi connectivity index (χ1n) is 6.99. The number of hydrogen-bond donors (Lipinski definition) is 0. The van der Waals surface area contributed by atoms with E-state index in [9.17, 15) is 4.39 Å². The molecule has 0 unspecified atom stereocenters. The van der Waals surface area contributed by atoms with Crippen LogP contribution in [0, 0.1) is 17.7 Å². The van der Waals surface area contributed by atoms with Gasteiger partial charge >= 0.3 is 0 Å². The lowest BCUT2D eigenvalue weighted by Crippen LogP contribution is -2.22. The van der Waals surface area contributed by atoms with Gasteiger partial charge in [-0.05, 0) is 44.5 Å². The van der Waals surface area contributed by atoms with Crippen LogP contribution in [0.1, 0.15) is 24.8 Å². The predicted molar refractivity (Wildman–Crippen MR) is 79.8 cm³/mol. The first-order valence-corrected chi connectivity index (χ1v) is 7.52. The van der Waals surface area contributed by atoms with Gasteiger partial charge in [0.15, 0.2) is 0 Å². The maximum Gasteiger partial charge on any atom is 0.137 e. The van der Waals surface area contributed by atoms with Crippen LogP contribution in [-0.2, 0) is 0 Å². The molecule has 2 nitrogen and oxygen atoms in total. The summed E-state index contributed by atoms with van der Waals surface area (Å²) in [5.74, 6) is 6.10. The van der Waals surface area contributed by atoms with Gasteiger partial charge in [-0.2, -0.15) is 0 Å². The minimum absolute atomic E-state index is 0.256. The topological polar surface area (TPSA) is 12.5 Å². The molecule has 1 saturated heterocycles. The quantitative estimate of drug-likeness (QED) is 0.469. The molecule has 0 aromatic heterocycles. The third-order valence-corrected chi connectivity index (χ3v) is 3.44. The molecule has 1 aromatic rings. The van der Waals surface area contributed by atoms with Crippen LogP contribution in [-0.4, -0.2) is 37.0 Å². The lowest BCUT2D eigenvalue weighted by Gasteiger charge is -2.14. The summed E-state index contributed by atoms with van der Waals surface area (Å²) >= 11 is 5.54. The summed E-state index contributed by atoms with van der Waals surface area (Å²) in [5.41, 5.74) is 0.688. The van der Waals surface area contributed by atoms with Crippen LogP contribution < -0.4 is 4.74 Å². The van der Waals surface area contributed by atoms with Crippen LogP contribution in [0.5, 0.6) is 5.75 Å². The Hall–Kier alpha value is -1.24. The maximum absolute atomic E-state index is 13.3. The fourth-order valence-corrected chi connectivity index (χ4v) is 2.39. The molecule has 1 fully saturated rings. The van der Waals surface area contributed by atoms with E-state index >= 15 is 0 Å². The molecule has 1 aromatic carbocycles. The van der Waals surface area contributed by atoms with Crippen molar-refractivity contribution in [1.82, 2.24) is 4.90 Å². The second-order valence-corrected chi connectivity index (χ2v) is 5.09. The Morgan fingerprint density at radius 1 is 1.30 bits per heavy atom. The Morgan fingerprint density at radius 3 is 2.85 bits per heavy atom. The van der Waals surface area contributed by atoms with E-state index in [-0.39, 0.29) is 11.7 Å². The monoisotopic (exact) mass is 295 g/mol. The summed E-state index contributed by atoms with van der Waals surface area (Å²) in [6, 6.07) is 4.40. The lowest BCUT2D eigenvalue weighted by atomic mass is 10.2. The number of hydrogen-bond acceptors (Lipinski definition) is 2. The Labute approximate surface area is 124 Å². The van der Waals surface area contributed by atoms with E-state index in [0.717, 1.165) is 13.0 Å². The van der Waals surface area contributed by atoms with Crippen molar-refractivity contribution >= 4 is 11.6 Å². The first-order chi connectivity index (χ1) is 9.79. The molecule has 0 spiro atoms. The van der Waals surface area contributed by atoms with Crippen LogP contribution in [0.3, 0.4) is 0 Å². The van der Waals surface area contributed by atoms with Gasteiger partial charge < -0.3 is 9.64 Å². The van der Waals surface area contributed by atoms with Gasteiger partial charge in [-0.25, -0.2) is 4.39 Å². The number of ether oxygens (including phenoxy) is 1. The first kappa shape index (κ1) is 15.2. The molecule has 0 N–H and O–H groups in total. The van der Waals surface area contributed by atoms with Crippen LogP contribution in [0.25, 0.3) is 0 Å². The molecule has 20 heavy (non-hydrogen) atoms. The molecular weight excluding hydrogens is 277 g/mol. The van der Waals surface area contributed by atoms with Crippen LogP contribution in [0.4, 0.5) is 4.39 Å². The van der Waals surface area contributed by atoms with E-state index in [1.807, 2.05) is 0 Å². The van der Waals surface area contributed by atoms with Gasteiger partial charge in [0.25, 0.3) is 0 Å². The van der Waals surface area contributed by atoms with Crippen molar-refractivity contribution in [3.05, 3.63) is 29.6 Å². The fourth-order valence-electron chi connectivity index (χ4n) is 2.32. The Bertz CT molecular complexity index is 489. The van der Waals surface area contributed by atoms with Crippen molar-refractivity contribution < 1.29 is 9.13 Å². The van der Waals surface area contributed by atoms with E-state index in [4.69, 9.17) is 16.3 Å². The fraction of sp³-hybridized carbons (Fsp3) is 0.500. The molecule has 1 aliphatic rings. The van der Waals surface area contributed by atoms with Crippen molar-refractivity contribution in [2.24, 2.45) is 0 Å². The molecule has 0 bridgehead atoms. The third kappa shape index (κ3) is 4.70. The van der Waals surface area contributed by atoms with Gasteiger partial charge in [0.2, 0.25) is 0 Å². The molecule has 0 atom stereocenters. The van der Waals surface area contributed by atoms with E-state index in [1.54, 1.807) is 6.07 Å². The number of halogens is 2. The third-order valence-electron chi connectivity index (χ3n) is 3.31. The second kappa shape index (κ2) is 8.14. The minimum Gasteiger partial charge on any atom is -0.492 e. The highest BCUT2D eigenvalue weighted by atomic mass is 35.5. The standard InChI is InChI=1S/C16H19ClFNO/c17-8-3-5-14-6-7-15(18)13-16(14)20-12-4-11-19-9-1-2-10-19/h6-7,13H,1-2,4,8-12H2. The van der Waals surface area contributed by atoms with E-state index in [0.29, 0.717) is 17.9 Å². The number of alkyl halides is 1. The molecular formula is C16H19ClFNO. The Balaban J connectivity index is 1.85. The van der Waals surface area contributed by atoms with Crippen molar-refractivity contribution in [2.45, 2.75) is 19.3 Å². The predicted octanol–water partition coefficient (Wildman–Crippen LogP) is 3.28. The van der Waals surface area contributed by atoms with Gasteiger partial charge in [0.1, 0.15) is 11.6 Å². The molecule has 0 aliphatic carbocycles. The highest BCUT2D eigenvalue weighted by molar-refractivity contribution is 6.19. The zero-order valence-electron chi connectivity index (χ0n) is 11.5. The molecule has 1 aliphatic heterocycles. The van der Waals surface area contributed by atoms with E-state index in [1.165, 1.54) is 38.1 Å². The summed E-state index contributed by atoms with van der Waals surface area (Å²) in [6.07, 6.45) is 3.53.